The number of hydrogen-bond donors (Lipinski definition) is 1. The largest absolute Gasteiger partial charge is 0.335 e. The molecule has 2 rings (SSSR count). The number of nitrogens with zero attached hydrogens (tertiary/aromatic N) is 2. The van der Waals surface area contributed by atoms with Crippen LogP contribution in [0.25, 0.3) is 0 Å². The maximum Gasteiger partial charge on any atom is 0.313 e. The number of thiocyanates is 1. The summed E-state index contributed by atoms with van der Waals surface area (Å²) < 4.78 is 0. The van der Waals surface area contributed by atoms with E-state index in [0.717, 1.165) is 42.3 Å². The Morgan fingerprint density at radius 2 is 1.86 bits per heavy atom. The molecule has 22 heavy (non-hydrogen) atoms. The van der Waals surface area contributed by atoms with Crippen LogP contribution in [0.2, 0.25) is 0 Å². The Kier molecular flexibility index (Phi) is 5.84. The fourth-order valence-corrected chi connectivity index (χ4v) is 3.02. The lowest BCUT2D eigenvalue weighted by atomic mass is 9.94. The van der Waals surface area contributed by atoms with E-state index in [2.05, 4.69) is 5.32 Å². The molecule has 5 nitrogen and oxygen atoms in total. The van der Waals surface area contributed by atoms with Crippen molar-refractivity contribution in [2.45, 2.75) is 43.0 Å². The van der Waals surface area contributed by atoms with Gasteiger partial charge in [-0.25, -0.2) is 0 Å². The average Bonchev–Trinajstić information content (AvgIpc) is 2.56. The molecular weight excluding hydrogens is 298 g/mol. The molecule has 116 valence electrons. The van der Waals surface area contributed by atoms with Gasteiger partial charge in [-0.05, 0) is 48.9 Å². The normalized spacial score (nSPS) is 14.9. The van der Waals surface area contributed by atoms with E-state index in [9.17, 15) is 9.59 Å². The molecule has 2 amide bonds. The van der Waals surface area contributed by atoms with Gasteiger partial charge in [0.2, 0.25) is 0 Å². The van der Waals surface area contributed by atoms with Crippen LogP contribution in [-0.4, -0.2) is 29.8 Å². The van der Waals surface area contributed by atoms with Crippen LogP contribution in [0, 0.1) is 10.7 Å². The summed E-state index contributed by atoms with van der Waals surface area (Å²) >= 11 is 1.05. The Morgan fingerprint density at radius 3 is 2.45 bits per heavy atom. The highest BCUT2D eigenvalue weighted by atomic mass is 32.2. The zero-order valence-electron chi connectivity index (χ0n) is 12.5. The van der Waals surface area contributed by atoms with Crippen LogP contribution < -0.4 is 5.32 Å². The molecule has 1 aliphatic rings. The van der Waals surface area contributed by atoms with Gasteiger partial charge in [0.25, 0.3) is 0 Å². The first-order valence-corrected chi connectivity index (χ1v) is 8.17. The number of likely N-dealkylation sites (N-methyl/N-ethyl adjacent to an activating group) is 1. The molecular formula is C16H19N3O2S. The third-order valence-electron chi connectivity index (χ3n) is 3.91. The molecule has 1 N–H and O–H groups in total. The van der Waals surface area contributed by atoms with Crippen LogP contribution >= 0.6 is 11.8 Å². The van der Waals surface area contributed by atoms with Gasteiger partial charge in [-0.3, -0.25) is 9.59 Å². The number of anilines is 1. The van der Waals surface area contributed by atoms with Crippen molar-refractivity contribution in [3.63, 3.8) is 0 Å². The Hall–Kier alpha value is -2.00. The Balaban J connectivity index is 1.92. The second-order valence-electron chi connectivity index (χ2n) is 5.38. The van der Waals surface area contributed by atoms with E-state index in [4.69, 9.17) is 5.26 Å². The van der Waals surface area contributed by atoms with Crippen LogP contribution in [0.1, 0.15) is 32.1 Å². The number of thioether (sulfide) groups is 1. The van der Waals surface area contributed by atoms with Crippen molar-refractivity contribution >= 4 is 29.3 Å². The van der Waals surface area contributed by atoms with Gasteiger partial charge in [0.1, 0.15) is 5.40 Å². The van der Waals surface area contributed by atoms with Gasteiger partial charge in [0.15, 0.2) is 0 Å². The van der Waals surface area contributed by atoms with Crippen LogP contribution in [0.3, 0.4) is 0 Å². The molecule has 1 aromatic carbocycles. The first-order chi connectivity index (χ1) is 10.6. The highest BCUT2D eigenvalue weighted by molar-refractivity contribution is 8.03. The number of carbonyl (C=O) groups is 2. The fourth-order valence-electron chi connectivity index (χ4n) is 2.64. The molecule has 0 spiro atoms. The Bertz CT molecular complexity index is 574. The zero-order chi connectivity index (χ0) is 15.9. The predicted octanol–water partition coefficient (Wildman–Crippen LogP) is 2.99. The molecule has 0 aliphatic heterocycles. The minimum atomic E-state index is -0.617. The first-order valence-electron chi connectivity index (χ1n) is 7.36. The highest BCUT2D eigenvalue weighted by Crippen LogP contribution is 2.22. The van der Waals surface area contributed by atoms with Gasteiger partial charge in [0, 0.05) is 23.7 Å². The molecule has 0 bridgehead atoms. The summed E-state index contributed by atoms with van der Waals surface area (Å²) in [6, 6.07) is 7.01. The first kappa shape index (κ1) is 16.4. The van der Waals surface area contributed by atoms with Crippen molar-refractivity contribution in [1.29, 1.82) is 5.26 Å². The lowest BCUT2D eigenvalue weighted by molar-refractivity contribution is -0.144. The topological polar surface area (TPSA) is 73.2 Å². The van der Waals surface area contributed by atoms with Crippen molar-refractivity contribution in [3.05, 3.63) is 24.3 Å². The number of carbonyl (C=O) groups excluding carboxylic acids is 2. The van der Waals surface area contributed by atoms with E-state index >= 15 is 0 Å². The van der Waals surface area contributed by atoms with Gasteiger partial charge >= 0.3 is 11.8 Å². The van der Waals surface area contributed by atoms with Crippen molar-refractivity contribution in [2.24, 2.45) is 0 Å². The summed E-state index contributed by atoms with van der Waals surface area (Å²) in [7, 11) is 1.70. The third kappa shape index (κ3) is 4.25. The monoisotopic (exact) mass is 317 g/mol. The number of amides is 2. The zero-order valence-corrected chi connectivity index (χ0v) is 13.4. The van der Waals surface area contributed by atoms with E-state index in [1.807, 2.05) is 5.40 Å². The molecule has 6 heteroatoms. The minimum absolute atomic E-state index is 0.168. The number of nitriles is 1. The quantitative estimate of drug-likeness (QED) is 0.528. The molecule has 0 radical (unpaired) electrons. The summed E-state index contributed by atoms with van der Waals surface area (Å²) in [5.41, 5.74) is 0.553. The van der Waals surface area contributed by atoms with Crippen LogP contribution in [0.4, 0.5) is 5.69 Å². The summed E-state index contributed by atoms with van der Waals surface area (Å²) in [6.45, 7) is 0. The van der Waals surface area contributed by atoms with Crippen molar-refractivity contribution < 1.29 is 9.59 Å². The van der Waals surface area contributed by atoms with E-state index in [1.54, 1.807) is 36.2 Å². The predicted molar refractivity (Wildman–Crippen MR) is 86.2 cm³/mol. The summed E-state index contributed by atoms with van der Waals surface area (Å²) in [5, 5.41) is 13.2. The van der Waals surface area contributed by atoms with Gasteiger partial charge < -0.3 is 10.2 Å². The number of hydrogen-bond acceptors (Lipinski definition) is 4. The average molecular weight is 317 g/mol. The number of rotatable bonds is 3. The maximum atomic E-state index is 12.2. The molecule has 1 saturated carbocycles. The molecule has 0 saturated heterocycles. The van der Waals surface area contributed by atoms with Gasteiger partial charge in [-0.15, -0.1) is 0 Å². The second-order valence-corrected chi connectivity index (χ2v) is 6.24. The van der Waals surface area contributed by atoms with Crippen LogP contribution in [-0.2, 0) is 9.59 Å². The lowest BCUT2D eigenvalue weighted by Crippen LogP contribution is -2.44. The Morgan fingerprint density at radius 1 is 1.23 bits per heavy atom. The smallest absolute Gasteiger partial charge is 0.313 e. The molecule has 0 heterocycles. The highest BCUT2D eigenvalue weighted by Gasteiger charge is 2.26. The van der Waals surface area contributed by atoms with Gasteiger partial charge in [0.05, 0.1) is 0 Å². The third-order valence-corrected chi connectivity index (χ3v) is 4.51. The standard InChI is InChI=1S/C16H19N3O2S/c1-19(13-5-3-2-4-6-13)16(21)15(20)18-12-7-9-14(10-8-12)22-11-17/h7-10,13H,2-6H2,1H3,(H,18,20). The summed E-state index contributed by atoms with van der Waals surface area (Å²) in [6.07, 6.45) is 5.37. The van der Waals surface area contributed by atoms with E-state index in [1.165, 1.54) is 6.42 Å². The summed E-state index contributed by atoms with van der Waals surface area (Å²) in [4.78, 5) is 26.6. The van der Waals surface area contributed by atoms with Gasteiger partial charge in [-0.2, -0.15) is 5.26 Å². The van der Waals surface area contributed by atoms with Crippen molar-refractivity contribution in [3.8, 4) is 5.40 Å². The SMILES string of the molecule is CN(C(=O)C(=O)Nc1ccc(SC#N)cc1)C1CCCCC1. The molecule has 1 aliphatic carbocycles. The van der Waals surface area contributed by atoms with Crippen LogP contribution in [0.5, 0.6) is 0 Å². The van der Waals surface area contributed by atoms with Crippen molar-refractivity contribution in [1.82, 2.24) is 4.90 Å². The minimum Gasteiger partial charge on any atom is -0.335 e. The van der Waals surface area contributed by atoms with Crippen molar-refractivity contribution in [2.75, 3.05) is 12.4 Å². The number of nitrogens with one attached hydrogen (secondary N) is 1. The molecule has 0 unspecified atom stereocenters. The molecule has 0 aromatic heterocycles. The van der Waals surface area contributed by atoms with E-state index in [0.29, 0.717) is 5.69 Å². The second kappa shape index (κ2) is 7.85. The molecule has 1 fully saturated rings. The molecule has 0 atom stereocenters. The van der Waals surface area contributed by atoms with Crippen LogP contribution in [0.15, 0.2) is 29.2 Å². The summed E-state index contributed by atoms with van der Waals surface area (Å²) in [5.74, 6) is -1.11. The van der Waals surface area contributed by atoms with E-state index < -0.39 is 11.8 Å². The molecule has 1 aromatic rings. The lowest BCUT2D eigenvalue weighted by Gasteiger charge is -2.30. The number of benzene rings is 1. The Labute approximate surface area is 134 Å². The van der Waals surface area contributed by atoms with E-state index in [-0.39, 0.29) is 6.04 Å². The van der Waals surface area contributed by atoms with Gasteiger partial charge in [-0.1, -0.05) is 19.3 Å². The fraction of sp³-hybridized carbons (Fsp3) is 0.438. The maximum absolute atomic E-state index is 12.2.